The van der Waals surface area contributed by atoms with Crippen molar-refractivity contribution >= 4 is 11.5 Å². The average molecular weight is 254 g/mol. The quantitative estimate of drug-likeness (QED) is 0.764. The highest BCUT2D eigenvalue weighted by molar-refractivity contribution is 6.01. The first-order valence-corrected chi connectivity index (χ1v) is 5.98. The molecule has 0 amide bonds. The van der Waals surface area contributed by atoms with E-state index in [1.807, 2.05) is 36.4 Å². The summed E-state index contributed by atoms with van der Waals surface area (Å²) in [7, 11) is 0. The van der Waals surface area contributed by atoms with Gasteiger partial charge in [-0.3, -0.25) is 0 Å². The first-order valence-electron chi connectivity index (χ1n) is 5.98. The number of esters is 1. The first-order chi connectivity index (χ1) is 9.27. The number of hydrogen-bond donors (Lipinski definition) is 0. The Balaban J connectivity index is 2.10. The summed E-state index contributed by atoms with van der Waals surface area (Å²) in [6, 6.07) is 18.2. The largest absolute Gasteiger partial charge is 0.447 e. The second-order valence-corrected chi connectivity index (χ2v) is 4.29. The first kappa shape index (κ1) is 11.7. The van der Waals surface area contributed by atoms with Gasteiger partial charge in [0.15, 0.2) is 6.10 Å². The van der Waals surface area contributed by atoms with Gasteiger partial charge in [0.05, 0.1) is 0 Å². The van der Waals surface area contributed by atoms with E-state index in [4.69, 9.17) is 4.74 Å². The van der Waals surface area contributed by atoms with E-state index in [1.165, 1.54) is 0 Å². The highest BCUT2D eigenvalue weighted by Gasteiger charge is 2.36. The van der Waals surface area contributed by atoms with Gasteiger partial charge in [0, 0.05) is 5.57 Å². The molecule has 2 nitrogen and oxygen atoms in total. The smallest absolute Gasteiger partial charge is 0.368 e. The zero-order chi connectivity index (χ0) is 13.2. The van der Waals surface area contributed by atoms with Gasteiger partial charge in [0.25, 0.3) is 0 Å². The molecule has 1 heterocycles. The summed E-state index contributed by atoms with van der Waals surface area (Å²) in [6.45, 7) is 0. The van der Waals surface area contributed by atoms with Gasteiger partial charge < -0.3 is 4.74 Å². The summed E-state index contributed by atoms with van der Waals surface area (Å²) in [5, 5.41) is 0. The van der Waals surface area contributed by atoms with Crippen molar-refractivity contribution in [1.82, 2.24) is 0 Å². The maximum Gasteiger partial charge on any atom is 0.368 e. The summed E-state index contributed by atoms with van der Waals surface area (Å²) < 4.78 is 19.1. The van der Waals surface area contributed by atoms with Crippen LogP contribution in [0.3, 0.4) is 0 Å². The summed E-state index contributed by atoms with van der Waals surface area (Å²) in [4.78, 5) is 11.5. The number of benzene rings is 2. The third kappa shape index (κ3) is 2.03. The molecule has 0 aromatic heterocycles. The molecule has 0 saturated carbocycles. The maximum absolute atomic E-state index is 14.0. The second kappa shape index (κ2) is 4.69. The Labute approximate surface area is 110 Å². The Bertz CT molecular complexity index is 632. The fourth-order valence-corrected chi connectivity index (χ4v) is 2.20. The van der Waals surface area contributed by atoms with Crippen LogP contribution in [0.2, 0.25) is 0 Å². The van der Waals surface area contributed by atoms with Crippen LogP contribution >= 0.6 is 0 Å². The van der Waals surface area contributed by atoms with Crippen molar-refractivity contribution in [2.45, 2.75) is 6.10 Å². The number of carbonyl (C=O) groups excluding carboxylic acids is 1. The molecule has 0 bridgehead atoms. The molecule has 19 heavy (non-hydrogen) atoms. The van der Waals surface area contributed by atoms with Gasteiger partial charge in [-0.25, -0.2) is 4.79 Å². The van der Waals surface area contributed by atoms with Crippen LogP contribution in [0, 0.1) is 0 Å². The van der Waals surface area contributed by atoms with E-state index in [-0.39, 0.29) is 0 Å². The normalized spacial score (nSPS) is 18.6. The number of cyclic esters (lactones) is 1. The van der Waals surface area contributed by atoms with E-state index >= 15 is 0 Å². The van der Waals surface area contributed by atoms with Gasteiger partial charge in [-0.15, -0.1) is 0 Å². The average Bonchev–Trinajstić information content (AvgIpc) is 2.77. The molecule has 2 aromatic carbocycles. The van der Waals surface area contributed by atoms with Crippen molar-refractivity contribution in [1.29, 1.82) is 0 Å². The van der Waals surface area contributed by atoms with E-state index < -0.39 is 17.9 Å². The minimum atomic E-state index is -0.896. The lowest BCUT2D eigenvalue weighted by Crippen LogP contribution is -2.02. The lowest BCUT2D eigenvalue weighted by molar-refractivity contribution is -0.141. The van der Waals surface area contributed by atoms with E-state index in [2.05, 4.69) is 0 Å². The van der Waals surface area contributed by atoms with Crippen molar-refractivity contribution in [3.8, 4) is 0 Å². The van der Waals surface area contributed by atoms with Crippen LogP contribution in [0.5, 0.6) is 0 Å². The molecular formula is C16H11FO2. The molecule has 0 aliphatic carbocycles. The highest BCUT2D eigenvalue weighted by atomic mass is 19.1. The van der Waals surface area contributed by atoms with Gasteiger partial charge in [0.1, 0.15) is 0 Å². The van der Waals surface area contributed by atoms with Gasteiger partial charge in [-0.2, -0.15) is 4.39 Å². The highest BCUT2D eigenvalue weighted by Crippen LogP contribution is 2.41. The van der Waals surface area contributed by atoms with Crippen molar-refractivity contribution in [2.75, 3.05) is 0 Å². The minimum Gasteiger partial charge on any atom is -0.447 e. The zero-order valence-electron chi connectivity index (χ0n) is 10.0. The molecule has 1 unspecified atom stereocenters. The van der Waals surface area contributed by atoms with Crippen molar-refractivity contribution in [2.24, 2.45) is 0 Å². The van der Waals surface area contributed by atoms with Crippen molar-refractivity contribution in [3.63, 3.8) is 0 Å². The summed E-state index contributed by atoms with van der Waals surface area (Å²) in [5.41, 5.74) is 1.74. The molecule has 0 fully saturated rings. The van der Waals surface area contributed by atoms with Crippen LogP contribution in [0.4, 0.5) is 4.39 Å². The van der Waals surface area contributed by atoms with Crippen LogP contribution in [0.15, 0.2) is 66.5 Å². The topological polar surface area (TPSA) is 26.3 Å². The monoisotopic (exact) mass is 254 g/mol. The molecule has 3 rings (SSSR count). The standard InChI is InChI=1S/C16H11FO2/c17-14-13(11-7-3-1-4-8-11)15(19-16(14)18)12-9-5-2-6-10-12/h1-10,15H. The van der Waals surface area contributed by atoms with Gasteiger partial charge in [0.2, 0.25) is 5.83 Å². The van der Waals surface area contributed by atoms with Crippen LogP contribution in [-0.4, -0.2) is 5.97 Å². The number of hydrogen-bond acceptors (Lipinski definition) is 2. The second-order valence-electron chi connectivity index (χ2n) is 4.29. The Morgan fingerprint density at radius 1 is 0.895 bits per heavy atom. The SMILES string of the molecule is O=C1OC(c2ccccc2)C(c2ccccc2)=C1F. The molecule has 0 spiro atoms. The summed E-state index contributed by atoms with van der Waals surface area (Å²) in [5.74, 6) is -1.70. The molecule has 0 N–H and O–H groups in total. The molecule has 3 heteroatoms. The summed E-state index contributed by atoms with van der Waals surface area (Å²) in [6.07, 6.45) is -0.670. The van der Waals surface area contributed by atoms with Crippen LogP contribution < -0.4 is 0 Å². The Hall–Kier alpha value is -2.42. The van der Waals surface area contributed by atoms with Crippen molar-refractivity contribution in [3.05, 3.63) is 77.6 Å². The molecular weight excluding hydrogens is 243 g/mol. The third-order valence-electron chi connectivity index (χ3n) is 3.09. The summed E-state index contributed by atoms with van der Waals surface area (Å²) >= 11 is 0. The van der Waals surface area contributed by atoms with Crippen molar-refractivity contribution < 1.29 is 13.9 Å². The molecule has 1 aliphatic heterocycles. The van der Waals surface area contributed by atoms with E-state index in [1.54, 1.807) is 24.3 Å². The Morgan fingerprint density at radius 2 is 1.47 bits per heavy atom. The van der Waals surface area contributed by atoms with Crippen LogP contribution in [0.1, 0.15) is 17.2 Å². The number of halogens is 1. The van der Waals surface area contributed by atoms with E-state index in [0.29, 0.717) is 11.1 Å². The number of carbonyl (C=O) groups is 1. The number of ether oxygens (including phenoxy) is 1. The van der Waals surface area contributed by atoms with Gasteiger partial charge >= 0.3 is 5.97 Å². The molecule has 2 aromatic rings. The predicted octanol–water partition coefficient (Wildman–Crippen LogP) is 3.67. The molecule has 0 radical (unpaired) electrons. The Morgan fingerprint density at radius 3 is 2.11 bits per heavy atom. The minimum absolute atomic E-state index is 0.303. The van der Waals surface area contributed by atoms with Crippen LogP contribution in [-0.2, 0) is 9.53 Å². The predicted molar refractivity (Wildman–Crippen MR) is 69.7 cm³/mol. The molecule has 1 aliphatic rings. The van der Waals surface area contributed by atoms with Gasteiger partial charge in [-0.05, 0) is 11.1 Å². The molecule has 0 saturated heterocycles. The lowest BCUT2D eigenvalue weighted by atomic mass is 9.96. The van der Waals surface area contributed by atoms with Gasteiger partial charge in [-0.1, -0.05) is 60.7 Å². The maximum atomic E-state index is 14.0. The fourth-order valence-electron chi connectivity index (χ4n) is 2.20. The van der Waals surface area contributed by atoms with E-state index in [0.717, 1.165) is 5.56 Å². The van der Waals surface area contributed by atoms with E-state index in [9.17, 15) is 9.18 Å². The lowest BCUT2D eigenvalue weighted by Gasteiger charge is -2.14. The number of rotatable bonds is 2. The zero-order valence-corrected chi connectivity index (χ0v) is 10.0. The molecule has 94 valence electrons. The Kier molecular flexibility index (Phi) is 2.88. The molecule has 1 atom stereocenters. The fraction of sp³-hybridized carbons (Fsp3) is 0.0625. The third-order valence-corrected chi connectivity index (χ3v) is 3.09. The van der Waals surface area contributed by atoms with Crippen LogP contribution in [0.25, 0.3) is 5.57 Å².